The van der Waals surface area contributed by atoms with Crippen LogP contribution in [-0.2, 0) is 10.5 Å². The number of anilines is 1. The predicted molar refractivity (Wildman–Crippen MR) is 120 cm³/mol. The van der Waals surface area contributed by atoms with Crippen LogP contribution in [0.1, 0.15) is 33.8 Å². The number of benzene rings is 1. The van der Waals surface area contributed by atoms with Gasteiger partial charge in [-0.3, -0.25) is 4.79 Å². The Hall–Kier alpha value is -1.67. The summed E-state index contributed by atoms with van der Waals surface area (Å²) < 4.78 is 5.43. The van der Waals surface area contributed by atoms with Gasteiger partial charge in [0.15, 0.2) is 0 Å². The second-order valence-corrected chi connectivity index (χ2v) is 9.79. The lowest BCUT2D eigenvalue weighted by molar-refractivity contribution is 0.1000. The molecule has 0 atom stereocenters. The number of aryl methyl sites for hydroxylation is 1. The van der Waals surface area contributed by atoms with E-state index in [1.165, 1.54) is 16.9 Å². The zero-order chi connectivity index (χ0) is 19.3. The maximum absolute atomic E-state index is 12.8. The third-order valence-corrected chi connectivity index (χ3v) is 7.94. The van der Waals surface area contributed by atoms with Gasteiger partial charge in [-0.2, -0.15) is 23.1 Å². The van der Waals surface area contributed by atoms with Crippen LogP contribution >= 0.6 is 34.4 Å². The Balaban J connectivity index is 1.40. The average molecular weight is 431 g/mol. The van der Waals surface area contributed by atoms with Crippen molar-refractivity contribution in [2.45, 2.75) is 30.8 Å². The summed E-state index contributed by atoms with van der Waals surface area (Å²) >= 11 is 5.06. The van der Waals surface area contributed by atoms with Crippen LogP contribution < -0.4 is 5.32 Å². The highest BCUT2D eigenvalue weighted by Gasteiger charge is 2.17. The van der Waals surface area contributed by atoms with Crippen molar-refractivity contribution in [3.63, 3.8) is 0 Å². The molecule has 0 radical (unpaired) electrons. The van der Waals surface area contributed by atoms with Gasteiger partial charge in [-0.1, -0.05) is 12.1 Å². The average Bonchev–Trinajstić information content (AvgIpc) is 3.37. The molecular formula is C21H22N2O2S3. The molecule has 0 unspecified atom stereocenters. The van der Waals surface area contributed by atoms with Crippen molar-refractivity contribution in [1.82, 2.24) is 4.98 Å². The van der Waals surface area contributed by atoms with E-state index in [1.807, 2.05) is 42.3 Å². The standard InChI is InChI=1S/C21H22N2O2S3/c1-14-19(28-21(22-14)16-7-10-26-13-16)20(24)23-17-4-2-3-15(11-17)12-27-18-5-8-25-9-6-18/h2-4,7,10-11,13,18H,5-6,8-9,12H2,1H3,(H,23,24). The van der Waals surface area contributed by atoms with Crippen molar-refractivity contribution in [2.24, 2.45) is 0 Å². The predicted octanol–water partition coefficient (Wildman–Crippen LogP) is 5.84. The molecule has 3 aromatic rings. The molecule has 0 aliphatic carbocycles. The number of thiazole rings is 1. The minimum Gasteiger partial charge on any atom is -0.381 e. The van der Waals surface area contributed by atoms with Crippen molar-refractivity contribution in [1.29, 1.82) is 0 Å². The molecule has 4 rings (SSSR count). The van der Waals surface area contributed by atoms with Gasteiger partial charge in [-0.25, -0.2) is 4.98 Å². The van der Waals surface area contributed by atoms with E-state index in [1.54, 1.807) is 11.3 Å². The van der Waals surface area contributed by atoms with Crippen molar-refractivity contribution >= 4 is 46.0 Å². The summed E-state index contributed by atoms with van der Waals surface area (Å²) in [5.74, 6) is 0.863. The highest BCUT2D eigenvalue weighted by Crippen LogP contribution is 2.30. The molecule has 7 heteroatoms. The zero-order valence-electron chi connectivity index (χ0n) is 15.6. The summed E-state index contributed by atoms with van der Waals surface area (Å²) in [6, 6.07) is 10.2. The smallest absolute Gasteiger partial charge is 0.267 e. The molecule has 1 aliphatic heterocycles. The Morgan fingerprint density at radius 1 is 1.32 bits per heavy atom. The Labute approximate surface area is 177 Å². The monoisotopic (exact) mass is 430 g/mol. The summed E-state index contributed by atoms with van der Waals surface area (Å²) in [5, 5.41) is 8.68. The summed E-state index contributed by atoms with van der Waals surface area (Å²) in [7, 11) is 0. The highest BCUT2D eigenvalue weighted by molar-refractivity contribution is 7.99. The molecule has 1 aromatic carbocycles. The Morgan fingerprint density at radius 2 is 2.18 bits per heavy atom. The van der Waals surface area contributed by atoms with Gasteiger partial charge in [0.2, 0.25) is 0 Å². The molecule has 3 heterocycles. The van der Waals surface area contributed by atoms with Crippen molar-refractivity contribution in [3.8, 4) is 10.6 Å². The van der Waals surface area contributed by atoms with Crippen LogP contribution in [0.5, 0.6) is 0 Å². The maximum Gasteiger partial charge on any atom is 0.267 e. The van der Waals surface area contributed by atoms with Gasteiger partial charge in [0.1, 0.15) is 9.88 Å². The summed E-state index contributed by atoms with van der Waals surface area (Å²) in [5.41, 5.74) is 3.91. The molecule has 28 heavy (non-hydrogen) atoms. The first kappa shape index (κ1) is 19.6. The van der Waals surface area contributed by atoms with E-state index in [-0.39, 0.29) is 5.91 Å². The molecule has 2 aromatic heterocycles. The van der Waals surface area contributed by atoms with Gasteiger partial charge >= 0.3 is 0 Å². The minimum absolute atomic E-state index is 0.0919. The Bertz CT molecular complexity index is 931. The number of rotatable bonds is 6. The van der Waals surface area contributed by atoms with E-state index in [0.29, 0.717) is 10.1 Å². The number of carbonyl (C=O) groups excluding carboxylic acids is 1. The number of thiophene rings is 1. The number of thioether (sulfide) groups is 1. The van der Waals surface area contributed by atoms with Crippen LogP contribution in [0.25, 0.3) is 10.6 Å². The van der Waals surface area contributed by atoms with Gasteiger partial charge in [0, 0.05) is 40.8 Å². The summed E-state index contributed by atoms with van der Waals surface area (Å²) in [4.78, 5) is 18.0. The zero-order valence-corrected chi connectivity index (χ0v) is 18.1. The third-order valence-electron chi connectivity index (χ3n) is 4.61. The first-order chi connectivity index (χ1) is 13.7. The van der Waals surface area contributed by atoms with Crippen LogP contribution in [0.2, 0.25) is 0 Å². The fourth-order valence-electron chi connectivity index (χ4n) is 3.10. The number of carbonyl (C=O) groups is 1. The van der Waals surface area contributed by atoms with Gasteiger partial charge in [0.25, 0.3) is 5.91 Å². The molecule has 1 amide bonds. The Kier molecular flexibility index (Phi) is 6.47. The molecule has 4 nitrogen and oxygen atoms in total. The second-order valence-electron chi connectivity index (χ2n) is 6.72. The Morgan fingerprint density at radius 3 is 2.96 bits per heavy atom. The van der Waals surface area contributed by atoms with Crippen LogP contribution in [0.15, 0.2) is 41.1 Å². The van der Waals surface area contributed by atoms with Crippen molar-refractivity contribution in [3.05, 3.63) is 57.2 Å². The first-order valence-electron chi connectivity index (χ1n) is 9.28. The van der Waals surface area contributed by atoms with E-state index < -0.39 is 0 Å². The van der Waals surface area contributed by atoms with Crippen LogP contribution in [0, 0.1) is 6.92 Å². The lowest BCUT2D eigenvalue weighted by atomic mass is 10.2. The van der Waals surface area contributed by atoms with E-state index in [4.69, 9.17) is 4.74 Å². The molecule has 146 valence electrons. The first-order valence-corrected chi connectivity index (χ1v) is 12.1. The van der Waals surface area contributed by atoms with Gasteiger partial charge in [-0.15, -0.1) is 11.3 Å². The van der Waals surface area contributed by atoms with Gasteiger partial charge in [-0.05, 0) is 48.9 Å². The number of amides is 1. The maximum atomic E-state index is 12.8. The number of aromatic nitrogens is 1. The SMILES string of the molecule is Cc1nc(-c2ccsc2)sc1C(=O)Nc1cccc(CSC2CCOCC2)c1. The molecular weight excluding hydrogens is 408 g/mol. The minimum atomic E-state index is -0.0919. The van der Waals surface area contributed by atoms with E-state index in [9.17, 15) is 4.79 Å². The molecule has 1 aliphatic rings. The van der Waals surface area contributed by atoms with Gasteiger partial charge in [0.05, 0.1) is 5.69 Å². The van der Waals surface area contributed by atoms with Crippen LogP contribution in [-0.4, -0.2) is 29.4 Å². The lowest BCUT2D eigenvalue weighted by Gasteiger charge is -2.21. The summed E-state index contributed by atoms with van der Waals surface area (Å²) in [6.07, 6.45) is 2.25. The quantitative estimate of drug-likeness (QED) is 0.533. The summed E-state index contributed by atoms with van der Waals surface area (Å²) in [6.45, 7) is 3.63. The third kappa shape index (κ3) is 4.84. The van der Waals surface area contributed by atoms with Crippen LogP contribution in [0.4, 0.5) is 5.69 Å². The topological polar surface area (TPSA) is 51.2 Å². The largest absolute Gasteiger partial charge is 0.381 e. The molecule has 0 saturated carbocycles. The van der Waals surface area contributed by atoms with Crippen molar-refractivity contribution in [2.75, 3.05) is 18.5 Å². The fraction of sp³-hybridized carbons (Fsp3) is 0.333. The number of ether oxygens (including phenoxy) is 1. The number of hydrogen-bond acceptors (Lipinski definition) is 6. The van der Waals surface area contributed by atoms with E-state index in [0.717, 1.165) is 53.8 Å². The molecule has 0 bridgehead atoms. The highest BCUT2D eigenvalue weighted by atomic mass is 32.2. The fourth-order valence-corrected chi connectivity index (χ4v) is 5.91. The normalized spacial score (nSPS) is 14.9. The second kappa shape index (κ2) is 9.22. The molecule has 1 saturated heterocycles. The molecule has 0 spiro atoms. The van der Waals surface area contributed by atoms with E-state index >= 15 is 0 Å². The molecule has 1 N–H and O–H groups in total. The number of hydrogen-bond donors (Lipinski definition) is 1. The number of nitrogens with one attached hydrogen (secondary N) is 1. The van der Waals surface area contributed by atoms with Crippen LogP contribution in [0.3, 0.4) is 0 Å². The molecule has 1 fully saturated rings. The lowest BCUT2D eigenvalue weighted by Crippen LogP contribution is -2.17. The van der Waals surface area contributed by atoms with Gasteiger partial charge < -0.3 is 10.1 Å². The number of nitrogens with zero attached hydrogens (tertiary/aromatic N) is 1. The van der Waals surface area contributed by atoms with Crippen molar-refractivity contribution < 1.29 is 9.53 Å². The van der Waals surface area contributed by atoms with E-state index in [2.05, 4.69) is 27.8 Å².